The summed E-state index contributed by atoms with van der Waals surface area (Å²) in [5, 5.41) is 3.12. The molecule has 3 heteroatoms. The van der Waals surface area contributed by atoms with Crippen molar-refractivity contribution < 1.29 is 4.79 Å². The summed E-state index contributed by atoms with van der Waals surface area (Å²) in [6.45, 7) is 1.23. The Labute approximate surface area is 128 Å². The van der Waals surface area contributed by atoms with Crippen LogP contribution in [0, 0.1) is 5.41 Å². The number of hydrogen-bond donors (Lipinski definition) is 2. The quantitative estimate of drug-likeness (QED) is 0.624. The molecule has 1 aromatic carbocycles. The van der Waals surface area contributed by atoms with E-state index in [1.165, 1.54) is 18.4 Å². The summed E-state index contributed by atoms with van der Waals surface area (Å²) in [4.78, 5) is 12.5. The molecule has 0 atom stereocenters. The number of amides is 1. The average molecular weight is 288 g/mol. The lowest BCUT2D eigenvalue weighted by molar-refractivity contribution is -0.131. The first-order valence-corrected chi connectivity index (χ1v) is 8.29. The molecule has 0 aromatic heterocycles. The Bertz CT molecular complexity index is 422. The molecule has 0 aliphatic heterocycles. The first-order valence-electron chi connectivity index (χ1n) is 8.29. The number of nitrogens with two attached hydrogens (primary N) is 1. The van der Waals surface area contributed by atoms with Crippen molar-refractivity contribution in [1.82, 2.24) is 5.32 Å². The Morgan fingerprint density at radius 2 is 1.76 bits per heavy atom. The van der Waals surface area contributed by atoms with Crippen molar-refractivity contribution in [2.24, 2.45) is 11.1 Å². The van der Waals surface area contributed by atoms with Gasteiger partial charge >= 0.3 is 0 Å². The SMILES string of the molecule is NCC1(C(=O)NCCCc2ccccc2)CCCCCC1. The van der Waals surface area contributed by atoms with Crippen molar-refractivity contribution in [1.29, 1.82) is 0 Å². The molecule has 1 aliphatic carbocycles. The third-order valence-electron chi connectivity index (χ3n) is 4.70. The lowest BCUT2D eigenvalue weighted by Gasteiger charge is -2.29. The van der Waals surface area contributed by atoms with Crippen LogP contribution >= 0.6 is 0 Å². The standard InChI is InChI=1S/C18H28N2O/c19-15-18(12-6-1-2-7-13-18)17(21)20-14-8-11-16-9-4-3-5-10-16/h3-5,9-10H,1-2,6-8,11-15,19H2,(H,20,21). The molecule has 0 heterocycles. The van der Waals surface area contributed by atoms with Crippen LogP contribution in [-0.4, -0.2) is 19.0 Å². The molecule has 1 aromatic rings. The topological polar surface area (TPSA) is 55.1 Å². The van der Waals surface area contributed by atoms with Gasteiger partial charge in [0.2, 0.25) is 5.91 Å². The van der Waals surface area contributed by atoms with Crippen molar-refractivity contribution in [3.05, 3.63) is 35.9 Å². The summed E-state index contributed by atoms with van der Waals surface area (Å²) < 4.78 is 0. The molecular weight excluding hydrogens is 260 g/mol. The second-order valence-electron chi connectivity index (χ2n) is 6.24. The minimum Gasteiger partial charge on any atom is -0.356 e. The number of carbonyl (C=O) groups excluding carboxylic acids is 1. The Hall–Kier alpha value is -1.35. The highest BCUT2D eigenvalue weighted by Crippen LogP contribution is 2.34. The molecule has 1 amide bonds. The Morgan fingerprint density at radius 1 is 1.10 bits per heavy atom. The summed E-state index contributed by atoms with van der Waals surface area (Å²) >= 11 is 0. The normalized spacial score (nSPS) is 18.0. The Kier molecular flexibility index (Phi) is 6.24. The average Bonchev–Trinajstić information content (AvgIpc) is 2.79. The van der Waals surface area contributed by atoms with Gasteiger partial charge in [-0.2, -0.15) is 0 Å². The molecule has 116 valence electrons. The van der Waals surface area contributed by atoms with E-state index in [0.29, 0.717) is 6.54 Å². The van der Waals surface area contributed by atoms with Gasteiger partial charge in [0.1, 0.15) is 0 Å². The lowest BCUT2D eigenvalue weighted by atomic mass is 9.79. The second kappa shape index (κ2) is 8.18. The molecule has 1 fully saturated rings. The van der Waals surface area contributed by atoms with Gasteiger partial charge in [-0.05, 0) is 31.2 Å². The van der Waals surface area contributed by atoms with Crippen molar-refractivity contribution in [2.75, 3.05) is 13.1 Å². The van der Waals surface area contributed by atoms with Crippen LogP contribution < -0.4 is 11.1 Å². The largest absolute Gasteiger partial charge is 0.356 e. The fourth-order valence-corrected chi connectivity index (χ4v) is 3.26. The highest BCUT2D eigenvalue weighted by atomic mass is 16.2. The zero-order chi connectivity index (χ0) is 15.0. The maximum Gasteiger partial charge on any atom is 0.227 e. The lowest BCUT2D eigenvalue weighted by Crippen LogP contribution is -2.46. The van der Waals surface area contributed by atoms with Gasteiger partial charge in [0.15, 0.2) is 0 Å². The van der Waals surface area contributed by atoms with Crippen molar-refractivity contribution >= 4 is 5.91 Å². The first-order chi connectivity index (χ1) is 10.3. The van der Waals surface area contributed by atoms with Gasteiger partial charge in [-0.25, -0.2) is 0 Å². The molecule has 1 saturated carbocycles. The molecule has 3 N–H and O–H groups in total. The summed E-state index contributed by atoms with van der Waals surface area (Å²) in [6, 6.07) is 10.4. The van der Waals surface area contributed by atoms with Gasteiger partial charge in [-0.3, -0.25) is 4.79 Å². The van der Waals surface area contributed by atoms with E-state index in [-0.39, 0.29) is 11.3 Å². The predicted octanol–water partition coefficient (Wildman–Crippen LogP) is 3.03. The van der Waals surface area contributed by atoms with Gasteiger partial charge < -0.3 is 11.1 Å². The van der Waals surface area contributed by atoms with E-state index in [9.17, 15) is 4.79 Å². The third-order valence-corrected chi connectivity index (χ3v) is 4.70. The van der Waals surface area contributed by atoms with Crippen molar-refractivity contribution in [2.45, 2.75) is 51.4 Å². The number of aryl methyl sites for hydroxylation is 1. The fraction of sp³-hybridized carbons (Fsp3) is 0.611. The van der Waals surface area contributed by atoms with Crippen LogP contribution in [0.1, 0.15) is 50.5 Å². The van der Waals surface area contributed by atoms with Gasteiger partial charge in [-0.1, -0.05) is 56.0 Å². The van der Waals surface area contributed by atoms with Gasteiger partial charge in [0.25, 0.3) is 0 Å². The monoisotopic (exact) mass is 288 g/mol. The Morgan fingerprint density at radius 3 is 2.38 bits per heavy atom. The van der Waals surface area contributed by atoms with E-state index < -0.39 is 0 Å². The van der Waals surface area contributed by atoms with Gasteiger partial charge in [-0.15, -0.1) is 0 Å². The van der Waals surface area contributed by atoms with E-state index >= 15 is 0 Å². The maximum absolute atomic E-state index is 12.5. The highest BCUT2D eigenvalue weighted by molar-refractivity contribution is 5.82. The van der Waals surface area contributed by atoms with Crippen LogP contribution in [0.15, 0.2) is 30.3 Å². The van der Waals surface area contributed by atoms with Gasteiger partial charge in [0, 0.05) is 13.1 Å². The minimum absolute atomic E-state index is 0.181. The number of carbonyl (C=O) groups is 1. The van der Waals surface area contributed by atoms with Crippen LogP contribution in [0.3, 0.4) is 0 Å². The van der Waals surface area contributed by atoms with Crippen LogP contribution in [0.4, 0.5) is 0 Å². The minimum atomic E-state index is -0.302. The van der Waals surface area contributed by atoms with Crippen LogP contribution in [-0.2, 0) is 11.2 Å². The van der Waals surface area contributed by atoms with E-state index in [4.69, 9.17) is 5.73 Å². The zero-order valence-corrected chi connectivity index (χ0v) is 12.9. The van der Waals surface area contributed by atoms with Crippen LogP contribution in [0.5, 0.6) is 0 Å². The van der Waals surface area contributed by atoms with Crippen LogP contribution in [0.2, 0.25) is 0 Å². The molecule has 1 aliphatic rings. The summed E-state index contributed by atoms with van der Waals surface area (Å²) in [5.41, 5.74) is 6.97. The number of nitrogens with one attached hydrogen (secondary N) is 1. The smallest absolute Gasteiger partial charge is 0.227 e. The fourth-order valence-electron chi connectivity index (χ4n) is 3.26. The van der Waals surface area contributed by atoms with Crippen molar-refractivity contribution in [3.8, 4) is 0 Å². The molecule has 2 rings (SSSR count). The number of benzene rings is 1. The molecule has 0 saturated heterocycles. The molecule has 0 spiro atoms. The van der Waals surface area contributed by atoms with E-state index in [2.05, 4.69) is 29.6 Å². The molecule has 0 bridgehead atoms. The summed E-state index contributed by atoms with van der Waals surface area (Å²) in [7, 11) is 0. The molecule has 0 unspecified atom stereocenters. The predicted molar refractivity (Wildman–Crippen MR) is 87.0 cm³/mol. The zero-order valence-electron chi connectivity index (χ0n) is 12.9. The molecule has 3 nitrogen and oxygen atoms in total. The van der Waals surface area contributed by atoms with E-state index in [0.717, 1.165) is 45.1 Å². The summed E-state index contributed by atoms with van der Waals surface area (Å²) in [6.07, 6.45) is 8.64. The highest BCUT2D eigenvalue weighted by Gasteiger charge is 2.36. The first kappa shape index (κ1) is 16.0. The second-order valence-corrected chi connectivity index (χ2v) is 6.24. The molecule has 21 heavy (non-hydrogen) atoms. The number of rotatable bonds is 6. The summed E-state index contributed by atoms with van der Waals surface area (Å²) in [5.74, 6) is 0.181. The third kappa shape index (κ3) is 4.57. The van der Waals surface area contributed by atoms with E-state index in [1.807, 2.05) is 6.07 Å². The number of hydrogen-bond acceptors (Lipinski definition) is 2. The molecular formula is C18H28N2O. The van der Waals surface area contributed by atoms with Crippen molar-refractivity contribution in [3.63, 3.8) is 0 Å². The van der Waals surface area contributed by atoms with E-state index in [1.54, 1.807) is 0 Å². The Balaban J connectivity index is 1.77. The maximum atomic E-state index is 12.5. The molecule has 0 radical (unpaired) electrons. The van der Waals surface area contributed by atoms with Crippen LogP contribution in [0.25, 0.3) is 0 Å². The van der Waals surface area contributed by atoms with Gasteiger partial charge in [0.05, 0.1) is 5.41 Å².